The van der Waals surface area contributed by atoms with Crippen LogP contribution in [0.4, 0.5) is 17.1 Å². The van der Waals surface area contributed by atoms with Gasteiger partial charge in [0.25, 0.3) is 0 Å². The Balaban J connectivity index is 1.10. The molecule has 0 aliphatic rings. The summed E-state index contributed by atoms with van der Waals surface area (Å²) in [5.74, 6) is 0. The average Bonchev–Trinajstić information content (AvgIpc) is 3.54. The van der Waals surface area contributed by atoms with Gasteiger partial charge >= 0.3 is 0 Å². The van der Waals surface area contributed by atoms with Crippen LogP contribution in [0.5, 0.6) is 0 Å². The Morgan fingerprint density at radius 2 is 0.962 bits per heavy atom. The van der Waals surface area contributed by atoms with E-state index in [0.29, 0.717) is 0 Å². The smallest absolute Gasteiger partial charge is 0.105 e. The molecule has 0 aliphatic heterocycles. The van der Waals surface area contributed by atoms with Gasteiger partial charge in [-0.1, -0.05) is 121 Å². The second-order valence-electron chi connectivity index (χ2n) is 13.4. The van der Waals surface area contributed by atoms with Crippen molar-refractivity contribution in [1.82, 2.24) is 4.57 Å². The largest absolute Gasteiger partial charge is 0.310 e. The molecule has 0 radical (unpaired) electrons. The van der Waals surface area contributed by atoms with Crippen molar-refractivity contribution in [2.45, 2.75) is 13.8 Å². The van der Waals surface area contributed by atoms with Gasteiger partial charge in [-0.05, 0) is 131 Å². The minimum absolute atomic E-state index is 1.05. The summed E-state index contributed by atoms with van der Waals surface area (Å²) in [7, 11) is 0. The zero-order chi connectivity index (χ0) is 35.0. The predicted molar refractivity (Wildman–Crippen MR) is 219 cm³/mol. The Morgan fingerprint density at radius 1 is 0.442 bits per heavy atom. The van der Waals surface area contributed by atoms with Crippen molar-refractivity contribution in [2.24, 2.45) is 0 Å². The molecule has 52 heavy (non-hydrogen) atoms. The lowest BCUT2D eigenvalue weighted by atomic mass is 9.95. The summed E-state index contributed by atoms with van der Waals surface area (Å²) in [4.78, 5) is 2.35. The van der Waals surface area contributed by atoms with Crippen molar-refractivity contribution >= 4 is 38.9 Å². The van der Waals surface area contributed by atoms with Crippen LogP contribution >= 0.6 is 0 Å². The molecule has 9 rings (SSSR count). The Bertz CT molecular complexity index is 2530. The molecule has 8 aromatic carbocycles. The maximum absolute atomic E-state index is 3.38. The van der Waals surface area contributed by atoms with Crippen LogP contribution in [0.3, 0.4) is 0 Å². The maximum Gasteiger partial charge on any atom is 0.105 e. The van der Waals surface area contributed by atoms with E-state index in [-0.39, 0.29) is 0 Å². The highest BCUT2D eigenvalue weighted by atomic mass is 15.1. The van der Waals surface area contributed by atoms with Crippen LogP contribution < -0.4 is 4.90 Å². The molecule has 9 aromatic rings. The molecule has 0 spiro atoms. The van der Waals surface area contributed by atoms with Crippen molar-refractivity contribution < 1.29 is 0 Å². The molecule has 0 aliphatic carbocycles. The highest BCUT2D eigenvalue weighted by Gasteiger charge is 2.17. The summed E-state index contributed by atoms with van der Waals surface area (Å²) in [6.45, 7) is 4.43. The Morgan fingerprint density at radius 3 is 1.56 bits per heavy atom. The number of nitrogens with zero attached hydrogens (tertiary/aromatic N) is 2. The summed E-state index contributed by atoms with van der Waals surface area (Å²) in [5.41, 5.74) is 16.4. The van der Waals surface area contributed by atoms with E-state index in [1.807, 2.05) is 6.07 Å². The molecule has 2 nitrogen and oxygen atoms in total. The van der Waals surface area contributed by atoms with Crippen molar-refractivity contribution in [3.8, 4) is 39.1 Å². The van der Waals surface area contributed by atoms with Crippen LogP contribution in [0.15, 0.2) is 182 Å². The van der Waals surface area contributed by atoms with E-state index in [0.717, 1.165) is 28.3 Å². The molecular weight excluding hydrogens is 629 g/mol. The van der Waals surface area contributed by atoms with E-state index in [1.54, 1.807) is 0 Å². The maximum atomic E-state index is 3.38. The topological polar surface area (TPSA) is 8.17 Å². The van der Waals surface area contributed by atoms with Crippen molar-refractivity contribution in [3.05, 3.63) is 205 Å². The van der Waals surface area contributed by atoms with Crippen LogP contribution in [-0.2, 0) is 0 Å². The molecule has 0 unspecified atom stereocenters. The SMILES string of the molecule is Cc1cc(N(c2ccc(-c3ccccc3)cc2)c2ccc(-c3ccccc3)cc2)ccc1-c1ccc(-n2c3c#cccc3c3ccccc32)cc1C. The van der Waals surface area contributed by atoms with Gasteiger partial charge in [0.2, 0.25) is 0 Å². The fraction of sp³-hybridized carbons (Fsp3) is 0.0400. The van der Waals surface area contributed by atoms with Gasteiger partial charge in [-0.15, -0.1) is 0 Å². The number of anilines is 3. The second kappa shape index (κ2) is 13.1. The summed E-state index contributed by atoms with van der Waals surface area (Å²) >= 11 is 0. The van der Waals surface area contributed by atoms with Gasteiger partial charge in [0.05, 0.1) is 5.52 Å². The molecule has 0 N–H and O–H groups in total. The first-order valence-electron chi connectivity index (χ1n) is 17.8. The molecule has 1 aromatic heterocycles. The van der Waals surface area contributed by atoms with Crippen molar-refractivity contribution in [3.63, 3.8) is 0 Å². The van der Waals surface area contributed by atoms with Crippen LogP contribution in [0.25, 0.3) is 60.9 Å². The number of fused-ring (bicyclic) bond motifs is 3. The van der Waals surface area contributed by atoms with E-state index >= 15 is 0 Å². The lowest BCUT2D eigenvalue weighted by Gasteiger charge is -2.27. The zero-order valence-electron chi connectivity index (χ0n) is 29.2. The van der Waals surface area contributed by atoms with Crippen LogP contribution in [0.2, 0.25) is 0 Å². The van der Waals surface area contributed by atoms with E-state index in [1.165, 1.54) is 60.8 Å². The lowest BCUT2D eigenvalue weighted by Crippen LogP contribution is -2.10. The van der Waals surface area contributed by atoms with Crippen molar-refractivity contribution in [2.75, 3.05) is 4.90 Å². The third kappa shape index (κ3) is 5.59. The highest BCUT2D eigenvalue weighted by Crippen LogP contribution is 2.40. The first-order valence-corrected chi connectivity index (χ1v) is 17.8. The van der Waals surface area contributed by atoms with Crippen LogP contribution in [0.1, 0.15) is 11.1 Å². The molecule has 0 bridgehead atoms. The van der Waals surface area contributed by atoms with Gasteiger partial charge < -0.3 is 9.47 Å². The monoisotopic (exact) mass is 664 g/mol. The molecule has 0 atom stereocenters. The normalized spacial score (nSPS) is 11.1. The molecule has 0 saturated heterocycles. The molecule has 1 heterocycles. The van der Waals surface area contributed by atoms with Crippen LogP contribution in [0, 0.1) is 26.0 Å². The number of aromatic nitrogens is 1. The minimum atomic E-state index is 1.05. The number of aryl methyl sites for hydroxylation is 2. The van der Waals surface area contributed by atoms with Gasteiger partial charge in [-0.25, -0.2) is 0 Å². The first-order chi connectivity index (χ1) is 25.6. The summed E-state index contributed by atoms with van der Waals surface area (Å²) in [6.07, 6.45) is 0. The predicted octanol–water partition coefficient (Wildman–Crippen LogP) is 13.5. The fourth-order valence-electron chi connectivity index (χ4n) is 7.55. The third-order valence-electron chi connectivity index (χ3n) is 10.1. The first kappa shape index (κ1) is 31.2. The van der Waals surface area contributed by atoms with Gasteiger partial charge in [0, 0.05) is 33.5 Å². The minimum Gasteiger partial charge on any atom is -0.310 e. The fourth-order valence-corrected chi connectivity index (χ4v) is 7.55. The third-order valence-corrected chi connectivity index (χ3v) is 10.1. The zero-order valence-corrected chi connectivity index (χ0v) is 29.2. The van der Waals surface area contributed by atoms with E-state index in [9.17, 15) is 0 Å². The van der Waals surface area contributed by atoms with Crippen molar-refractivity contribution in [1.29, 1.82) is 0 Å². The molecular formula is C50H36N2. The van der Waals surface area contributed by atoms with Gasteiger partial charge in [-0.3, -0.25) is 0 Å². The summed E-state index contributed by atoms with van der Waals surface area (Å²) in [6, 6.07) is 71.7. The molecule has 2 heteroatoms. The molecule has 246 valence electrons. The van der Waals surface area contributed by atoms with E-state index in [2.05, 4.69) is 211 Å². The van der Waals surface area contributed by atoms with Gasteiger partial charge in [0.15, 0.2) is 0 Å². The summed E-state index contributed by atoms with van der Waals surface area (Å²) < 4.78 is 2.30. The number of para-hydroxylation sites is 1. The number of rotatable bonds is 7. The standard InChI is InChI=1S/C50H36N2/c1-35-33-43(29-31-45(35)46-32-30-44(34-36(46)2)52-49-19-11-9-17-47(49)48-18-10-12-20-50(48)52)51(41-25-21-39(22-26-41)37-13-5-3-6-14-37)42-27-23-40(24-28-42)38-15-7-4-8-16-38/h3-11,13-19,21-34H,1-2H3. The molecule has 0 amide bonds. The Labute approximate surface area is 305 Å². The second-order valence-corrected chi connectivity index (χ2v) is 13.4. The Kier molecular flexibility index (Phi) is 7.88. The molecule has 0 saturated carbocycles. The quantitative estimate of drug-likeness (QED) is 0.165. The van der Waals surface area contributed by atoms with E-state index in [4.69, 9.17) is 0 Å². The summed E-state index contributed by atoms with van der Waals surface area (Å²) in [5, 5.41) is 2.42. The van der Waals surface area contributed by atoms with Crippen LogP contribution in [-0.4, -0.2) is 4.57 Å². The number of hydrogen-bond acceptors (Lipinski definition) is 1. The van der Waals surface area contributed by atoms with E-state index < -0.39 is 0 Å². The Hall–Kier alpha value is -6.82. The number of benzene rings is 7. The molecule has 0 fully saturated rings. The lowest BCUT2D eigenvalue weighted by molar-refractivity contribution is 1.17. The number of hydrogen-bond donors (Lipinski definition) is 0. The van der Waals surface area contributed by atoms with Gasteiger partial charge in [-0.2, -0.15) is 0 Å². The average molecular weight is 665 g/mol. The highest BCUT2D eigenvalue weighted by molar-refractivity contribution is 6.08. The van der Waals surface area contributed by atoms with Gasteiger partial charge in [0.1, 0.15) is 5.52 Å².